The van der Waals surface area contributed by atoms with Crippen LogP contribution in [0.15, 0.2) is 12.1 Å². The zero-order valence-corrected chi connectivity index (χ0v) is 15.6. The first-order chi connectivity index (χ1) is 12.8. The van der Waals surface area contributed by atoms with Crippen LogP contribution >= 0.6 is 0 Å². The molecule has 0 saturated heterocycles. The fourth-order valence-electron chi connectivity index (χ4n) is 4.62. The molecule has 1 heterocycles. The van der Waals surface area contributed by atoms with Crippen LogP contribution in [0.4, 0.5) is 0 Å². The van der Waals surface area contributed by atoms with Gasteiger partial charge in [0.15, 0.2) is 0 Å². The highest BCUT2D eigenvalue weighted by Gasteiger charge is 2.24. The minimum absolute atomic E-state index is 0.0218. The predicted octanol–water partition coefficient (Wildman–Crippen LogP) is 4.68. The van der Waals surface area contributed by atoms with Gasteiger partial charge in [0.2, 0.25) is 0 Å². The van der Waals surface area contributed by atoms with Gasteiger partial charge in [0.25, 0.3) is 5.91 Å². The number of H-pyrrole nitrogens is 1. The highest BCUT2D eigenvalue weighted by molar-refractivity contribution is 6.01. The van der Waals surface area contributed by atoms with Crippen molar-refractivity contribution < 1.29 is 9.53 Å². The Balaban J connectivity index is 1.64. The van der Waals surface area contributed by atoms with Gasteiger partial charge in [-0.1, -0.05) is 38.5 Å². The minimum Gasteiger partial charge on any atom is -0.496 e. The molecule has 2 aromatic rings. The van der Waals surface area contributed by atoms with E-state index < -0.39 is 0 Å². The average Bonchev–Trinajstić information content (AvgIpc) is 3.11. The van der Waals surface area contributed by atoms with Crippen LogP contribution in [0, 0.1) is 0 Å². The van der Waals surface area contributed by atoms with Gasteiger partial charge in [0.05, 0.1) is 18.2 Å². The van der Waals surface area contributed by atoms with Crippen molar-refractivity contribution in [2.45, 2.75) is 76.2 Å². The molecule has 5 heteroatoms. The molecule has 2 N–H and O–H groups in total. The van der Waals surface area contributed by atoms with Crippen molar-refractivity contribution in [3.63, 3.8) is 0 Å². The molecule has 0 spiro atoms. The summed E-state index contributed by atoms with van der Waals surface area (Å²) in [6.07, 6.45) is 12.1. The van der Waals surface area contributed by atoms with Gasteiger partial charge >= 0.3 is 0 Å². The third-order valence-corrected chi connectivity index (χ3v) is 6.10. The number of amides is 1. The Labute approximate surface area is 154 Å². The van der Waals surface area contributed by atoms with Crippen LogP contribution in [0.5, 0.6) is 5.75 Å². The molecule has 0 radical (unpaired) electrons. The maximum Gasteiger partial charge on any atom is 0.255 e. The van der Waals surface area contributed by atoms with Gasteiger partial charge in [0.1, 0.15) is 5.75 Å². The van der Waals surface area contributed by atoms with Gasteiger partial charge < -0.3 is 10.1 Å². The van der Waals surface area contributed by atoms with Crippen LogP contribution < -0.4 is 10.1 Å². The molecule has 2 saturated carbocycles. The molecule has 1 aromatic heterocycles. The number of ether oxygens (including phenoxy) is 1. The molecular formula is C21H29N3O2. The maximum atomic E-state index is 12.9. The van der Waals surface area contributed by atoms with Gasteiger partial charge in [-0.15, -0.1) is 0 Å². The Bertz CT molecular complexity index is 771. The Morgan fingerprint density at radius 1 is 1.08 bits per heavy atom. The molecular weight excluding hydrogens is 326 g/mol. The van der Waals surface area contributed by atoms with Gasteiger partial charge in [0, 0.05) is 29.1 Å². The molecule has 2 fully saturated rings. The lowest BCUT2D eigenvalue weighted by atomic mass is 9.85. The first-order valence-electron chi connectivity index (χ1n) is 10.1. The van der Waals surface area contributed by atoms with E-state index in [9.17, 15) is 4.79 Å². The number of fused-ring (bicyclic) bond motifs is 1. The highest BCUT2D eigenvalue weighted by Crippen LogP contribution is 2.37. The fourth-order valence-corrected chi connectivity index (χ4v) is 4.62. The molecule has 4 rings (SSSR count). The van der Waals surface area contributed by atoms with E-state index in [1.807, 2.05) is 12.1 Å². The van der Waals surface area contributed by atoms with Crippen molar-refractivity contribution in [1.82, 2.24) is 15.5 Å². The smallest absolute Gasteiger partial charge is 0.255 e. The van der Waals surface area contributed by atoms with Crippen molar-refractivity contribution in [1.29, 1.82) is 0 Å². The lowest BCUT2D eigenvalue weighted by molar-refractivity contribution is 0.0925. The number of nitrogens with zero attached hydrogens (tertiary/aromatic N) is 1. The van der Waals surface area contributed by atoms with Crippen molar-refractivity contribution in [2.75, 3.05) is 7.11 Å². The average molecular weight is 355 g/mol. The quantitative estimate of drug-likeness (QED) is 0.836. The van der Waals surface area contributed by atoms with Crippen LogP contribution in [0.1, 0.15) is 86.2 Å². The standard InChI is InChI=1S/C21H29N3O2/c1-26-19-13-18-16(20(24-23-18)14-8-4-2-5-9-14)12-17(19)21(25)22-15-10-6-3-7-11-15/h12-15H,2-11H2,1H3,(H,22,25)(H,23,24). The van der Waals surface area contributed by atoms with Gasteiger partial charge in [-0.25, -0.2) is 0 Å². The number of carbonyl (C=O) groups excluding carboxylic acids is 1. The van der Waals surface area contributed by atoms with Crippen molar-refractivity contribution >= 4 is 16.8 Å². The second-order valence-electron chi connectivity index (χ2n) is 7.85. The van der Waals surface area contributed by atoms with E-state index in [4.69, 9.17) is 4.74 Å². The molecule has 0 aliphatic heterocycles. The lowest BCUT2D eigenvalue weighted by Crippen LogP contribution is -2.36. The number of nitrogens with one attached hydrogen (secondary N) is 2. The second kappa shape index (κ2) is 7.68. The van der Waals surface area contributed by atoms with Crippen LogP contribution in [-0.4, -0.2) is 29.3 Å². The summed E-state index contributed by atoms with van der Waals surface area (Å²) >= 11 is 0. The topological polar surface area (TPSA) is 67.0 Å². The molecule has 2 aliphatic carbocycles. The molecule has 0 unspecified atom stereocenters. The Kier molecular flexibility index (Phi) is 5.14. The Morgan fingerprint density at radius 2 is 1.77 bits per heavy atom. The SMILES string of the molecule is COc1cc2n[nH]c(C3CCCCC3)c2cc1C(=O)NC1CCCCC1. The van der Waals surface area contributed by atoms with E-state index >= 15 is 0 Å². The van der Waals surface area contributed by atoms with E-state index in [1.165, 1.54) is 57.1 Å². The number of hydrogen-bond acceptors (Lipinski definition) is 3. The third kappa shape index (κ3) is 3.44. The monoisotopic (exact) mass is 355 g/mol. The van der Waals surface area contributed by atoms with Crippen molar-refractivity contribution in [3.8, 4) is 5.75 Å². The molecule has 5 nitrogen and oxygen atoms in total. The summed E-state index contributed by atoms with van der Waals surface area (Å²) in [6, 6.07) is 4.17. The molecule has 0 bridgehead atoms. The third-order valence-electron chi connectivity index (χ3n) is 6.10. The van der Waals surface area contributed by atoms with Gasteiger partial charge in [-0.3, -0.25) is 9.89 Å². The summed E-state index contributed by atoms with van der Waals surface area (Å²) in [6.45, 7) is 0. The van der Waals surface area contributed by atoms with E-state index in [0.717, 1.165) is 23.7 Å². The van der Waals surface area contributed by atoms with Crippen molar-refractivity contribution in [2.24, 2.45) is 0 Å². The van der Waals surface area contributed by atoms with Crippen LogP contribution in [-0.2, 0) is 0 Å². The zero-order chi connectivity index (χ0) is 17.9. The number of carbonyl (C=O) groups is 1. The number of benzene rings is 1. The minimum atomic E-state index is -0.0218. The van der Waals surface area contributed by atoms with Crippen LogP contribution in [0.25, 0.3) is 10.9 Å². The molecule has 140 valence electrons. The van der Waals surface area contributed by atoms with Crippen molar-refractivity contribution in [3.05, 3.63) is 23.4 Å². The van der Waals surface area contributed by atoms with E-state index in [2.05, 4.69) is 15.5 Å². The van der Waals surface area contributed by atoms with E-state index in [-0.39, 0.29) is 5.91 Å². The number of hydrogen-bond donors (Lipinski definition) is 2. The molecule has 2 aliphatic rings. The first kappa shape index (κ1) is 17.4. The Hall–Kier alpha value is -2.04. The second-order valence-corrected chi connectivity index (χ2v) is 7.85. The lowest BCUT2D eigenvalue weighted by Gasteiger charge is -2.23. The summed E-state index contributed by atoms with van der Waals surface area (Å²) in [4.78, 5) is 12.9. The maximum absolute atomic E-state index is 12.9. The highest BCUT2D eigenvalue weighted by atomic mass is 16.5. The summed E-state index contributed by atoms with van der Waals surface area (Å²) in [5, 5.41) is 12.0. The van der Waals surface area contributed by atoms with E-state index in [0.29, 0.717) is 23.3 Å². The largest absolute Gasteiger partial charge is 0.496 e. The summed E-state index contributed by atoms with van der Waals surface area (Å²) in [7, 11) is 1.62. The normalized spacial score (nSPS) is 19.6. The number of aromatic nitrogens is 2. The number of methoxy groups -OCH3 is 1. The van der Waals surface area contributed by atoms with E-state index in [1.54, 1.807) is 7.11 Å². The predicted molar refractivity (Wildman–Crippen MR) is 103 cm³/mol. The molecule has 1 amide bonds. The number of rotatable bonds is 4. The molecule has 26 heavy (non-hydrogen) atoms. The van der Waals surface area contributed by atoms with Crippen LogP contribution in [0.2, 0.25) is 0 Å². The molecule has 0 atom stereocenters. The van der Waals surface area contributed by atoms with Gasteiger partial charge in [-0.05, 0) is 31.7 Å². The fraction of sp³-hybridized carbons (Fsp3) is 0.619. The number of aromatic amines is 1. The summed E-state index contributed by atoms with van der Waals surface area (Å²) in [5.41, 5.74) is 2.70. The summed E-state index contributed by atoms with van der Waals surface area (Å²) < 4.78 is 5.50. The van der Waals surface area contributed by atoms with Gasteiger partial charge in [-0.2, -0.15) is 5.10 Å². The zero-order valence-electron chi connectivity index (χ0n) is 15.6. The Morgan fingerprint density at radius 3 is 2.46 bits per heavy atom. The van der Waals surface area contributed by atoms with Crippen LogP contribution in [0.3, 0.4) is 0 Å². The molecule has 1 aromatic carbocycles. The summed E-state index contributed by atoms with van der Waals surface area (Å²) in [5.74, 6) is 1.11. The first-order valence-corrected chi connectivity index (χ1v) is 10.1.